The van der Waals surface area contributed by atoms with Gasteiger partial charge in [0.05, 0.1) is 18.2 Å². The first-order chi connectivity index (χ1) is 8.26. The molecule has 0 spiro atoms. The summed E-state index contributed by atoms with van der Waals surface area (Å²) in [6.07, 6.45) is 3.87. The van der Waals surface area contributed by atoms with Gasteiger partial charge in [-0.3, -0.25) is 0 Å². The maximum Gasteiger partial charge on any atom is 0.121 e. The van der Waals surface area contributed by atoms with E-state index in [1.54, 1.807) is 12.5 Å². The van der Waals surface area contributed by atoms with Crippen molar-refractivity contribution in [2.45, 2.75) is 32.9 Å². The van der Waals surface area contributed by atoms with Crippen molar-refractivity contribution in [1.29, 1.82) is 0 Å². The zero-order valence-corrected chi connectivity index (χ0v) is 10.3. The Morgan fingerprint density at radius 2 is 2.18 bits per heavy atom. The first-order valence-electron chi connectivity index (χ1n) is 6.03. The summed E-state index contributed by atoms with van der Waals surface area (Å²) in [6, 6.07) is 8.08. The number of benzene rings is 1. The number of aliphatic hydroxyl groups excluding tert-OH is 1. The summed E-state index contributed by atoms with van der Waals surface area (Å²) in [5, 5.41) is 10.4. The Bertz CT molecular complexity index is 490. The molecule has 0 amide bonds. The fraction of sp³-hybridized carbons (Fsp3) is 0.357. The van der Waals surface area contributed by atoms with Crippen LogP contribution in [0.4, 0.5) is 0 Å². The van der Waals surface area contributed by atoms with Gasteiger partial charge in [-0.05, 0) is 24.5 Å². The molecule has 2 rings (SSSR count). The molecule has 0 aliphatic rings. The Morgan fingerprint density at radius 1 is 1.35 bits per heavy atom. The van der Waals surface area contributed by atoms with E-state index >= 15 is 0 Å². The topological polar surface area (TPSA) is 38.1 Å². The third-order valence-electron chi connectivity index (χ3n) is 3.04. The average Bonchev–Trinajstić information content (AvgIpc) is 2.86. The van der Waals surface area contributed by atoms with Gasteiger partial charge in [0.25, 0.3) is 0 Å². The minimum absolute atomic E-state index is 0.594. The lowest BCUT2D eigenvalue weighted by atomic mass is 10.0. The summed E-state index contributed by atoms with van der Waals surface area (Å²) >= 11 is 0. The predicted octanol–water partition coefficient (Wildman–Crippen LogP) is 2.55. The molecule has 90 valence electrons. The molecular formula is C14H18N2O. The monoisotopic (exact) mass is 230 g/mol. The number of imidazole rings is 1. The van der Waals surface area contributed by atoms with E-state index in [4.69, 9.17) is 0 Å². The molecule has 17 heavy (non-hydrogen) atoms. The van der Waals surface area contributed by atoms with Gasteiger partial charge in [-0.1, -0.05) is 31.2 Å². The lowest BCUT2D eigenvalue weighted by Gasteiger charge is -2.13. The number of hydrogen-bond acceptors (Lipinski definition) is 2. The van der Waals surface area contributed by atoms with Crippen LogP contribution in [-0.4, -0.2) is 14.7 Å². The van der Waals surface area contributed by atoms with Crippen LogP contribution in [-0.2, 0) is 13.0 Å². The van der Waals surface area contributed by atoms with Crippen LogP contribution in [0.2, 0.25) is 0 Å². The van der Waals surface area contributed by atoms with Crippen LogP contribution in [0.25, 0.3) is 0 Å². The Morgan fingerprint density at radius 3 is 2.88 bits per heavy atom. The third-order valence-corrected chi connectivity index (χ3v) is 3.04. The van der Waals surface area contributed by atoms with Gasteiger partial charge < -0.3 is 9.67 Å². The predicted molar refractivity (Wildman–Crippen MR) is 67.8 cm³/mol. The molecule has 1 unspecified atom stereocenters. The van der Waals surface area contributed by atoms with Crippen molar-refractivity contribution >= 4 is 0 Å². The number of rotatable bonds is 4. The molecular weight excluding hydrogens is 212 g/mol. The lowest BCUT2D eigenvalue weighted by Crippen LogP contribution is -2.07. The van der Waals surface area contributed by atoms with Gasteiger partial charge in [-0.15, -0.1) is 0 Å². The summed E-state index contributed by atoms with van der Waals surface area (Å²) in [7, 11) is 0. The van der Waals surface area contributed by atoms with Gasteiger partial charge in [-0.25, -0.2) is 4.98 Å². The Balaban J connectivity index is 2.33. The number of hydrogen-bond donors (Lipinski definition) is 1. The SMILES string of the molecule is CCc1cccc(C(O)c2cncn2CC)c1. The summed E-state index contributed by atoms with van der Waals surface area (Å²) in [4.78, 5) is 4.09. The van der Waals surface area contributed by atoms with Crippen molar-refractivity contribution < 1.29 is 5.11 Å². The smallest absolute Gasteiger partial charge is 0.121 e. The van der Waals surface area contributed by atoms with E-state index in [0.29, 0.717) is 0 Å². The van der Waals surface area contributed by atoms with Gasteiger partial charge in [0.1, 0.15) is 6.10 Å². The summed E-state index contributed by atoms with van der Waals surface area (Å²) in [6.45, 7) is 4.97. The highest BCUT2D eigenvalue weighted by molar-refractivity contribution is 5.29. The van der Waals surface area contributed by atoms with Crippen LogP contribution in [0.15, 0.2) is 36.8 Å². The molecule has 2 aromatic rings. The van der Waals surface area contributed by atoms with Crippen molar-refractivity contribution in [1.82, 2.24) is 9.55 Å². The van der Waals surface area contributed by atoms with Crippen LogP contribution < -0.4 is 0 Å². The van der Waals surface area contributed by atoms with E-state index in [-0.39, 0.29) is 0 Å². The highest BCUT2D eigenvalue weighted by Gasteiger charge is 2.14. The molecule has 0 aliphatic carbocycles. The Kier molecular flexibility index (Phi) is 3.59. The first-order valence-corrected chi connectivity index (χ1v) is 6.03. The summed E-state index contributed by atoms with van der Waals surface area (Å²) in [5.41, 5.74) is 3.02. The van der Waals surface area contributed by atoms with E-state index in [9.17, 15) is 5.11 Å². The maximum absolute atomic E-state index is 10.4. The number of aromatic nitrogens is 2. The molecule has 3 heteroatoms. The second kappa shape index (κ2) is 5.15. The Hall–Kier alpha value is -1.61. The molecule has 0 aliphatic heterocycles. The van der Waals surface area contributed by atoms with Crippen LogP contribution in [0, 0.1) is 0 Å². The van der Waals surface area contributed by atoms with Crippen molar-refractivity contribution in [2.75, 3.05) is 0 Å². The molecule has 1 heterocycles. The average molecular weight is 230 g/mol. The highest BCUT2D eigenvalue weighted by Crippen LogP contribution is 2.22. The van der Waals surface area contributed by atoms with Crippen LogP contribution in [0.1, 0.15) is 36.8 Å². The second-order valence-corrected chi connectivity index (χ2v) is 4.11. The maximum atomic E-state index is 10.4. The molecule has 1 aromatic carbocycles. The lowest BCUT2D eigenvalue weighted by molar-refractivity contribution is 0.210. The summed E-state index contributed by atoms with van der Waals surface area (Å²) < 4.78 is 1.96. The fourth-order valence-electron chi connectivity index (χ4n) is 1.98. The third kappa shape index (κ3) is 2.39. The van der Waals surface area contributed by atoms with E-state index < -0.39 is 6.10 Å². The highest BCUT2D eigenvalue weighted by atomic mass is 16.3. The van der Waals surface area contributed by atoms with E-state index in [1.165, 1.54) is 5.56 Å². The molecule has 0 bridgehead atoms. The largest absolute Gasteiger partial charge is 0.382 e. The van der Waals surface area contributed by atoms with E-state index in [0.717, 1.165) is 24.2 Å². The normalized spacial score (nSPS) is 12.6. The second-order valence-electron chi connectivity index (χ2n) is 4.11. The number of aryl methyl sites for hydroxylation is 2. The van der Waals surface area contributed by atoms with Crippen molar-refractivity contribution in [3.05, 3.63) is 53.6 Å². The van der Waals surface area contributed by atoms with Crippen LogP contribution >= 0.6 is 0 Å². The van der Waals surface area contributed by atoms with Gasteiger partial charge in [0.2, 0.25) is 0 Å². The minimum Gasteiger partial charge on any atom is -0.382 e. The van der Waals surface area contributed by atoms with Gasteiger partial charge in [0, 0.05) is 6.54 Å². The fourth-order valence-corrected chi connectivity index (χ4v) is 1.98. The van der Waals surface area contributed by atoms with E-state index in [1.807, 2.05) is 23.6 Å². The molecule has 1 aromatic heterocycles. The van der Waals surface area contributed by atoms with Crippen molar-refractivity contribution in [3.8, 4) is 0 Å². The molecule has 0 saturated carbocycles. The Labute approximate surface area is 102 Å². The molecule has 0 radical (unpaired) electrons. The first kappa shape index (κ1) is 11.9. The standard InChI is InChI=1S/C14H18N2O/c1-3-11-6-5-7-12(8-11)14(17)13-9-15-10-16(13)4-2/h5-10,14,17H,3-4H2,1-2H3. The molecule has 0 fully saturated rings. The van der Waals surface area contributed by atoms with E-state index in [2.05, 4.69) is 24.0 Å². The van der Waals surface area contributed by atoms with Gasteiger partial charge in [-0.2, -0.15) is 0 Å². The van der Waals surface area contributed by atoms with Crippen LogP contribution in [0.3, 0.4) is 0 Å². The zero-order valence-electron chi connectivity index (χ0n) is 10.3. The van der Waals surface area contributed by atoms with Crippen LogP contribution in [0.5, 0.6) is 0 Å². The minimum atomic E-state index is -0.594. The van der Waals surface area contributed by atoms with Gasteiger partial charge >= 0.3 is 0 Å². The molecule has 1 N–H and O–H groups in total. The molecule has 0 saturated heterocycles. The quantitative estimate of drug-likeness (QED) is 0.876. The van der Waals surface area contributed by atoms with Gasteiger partial charge in [0.15, 0.2) is 0 Å². The van der Waals surface area contributed by atoms with Crippen molar-refractivity contribution in [3.63, 3.8) is 0 Å². The zero-order chi connectivity index (χ0) is 12.3. The number of nitrogens with zero attached hydrogens (tertiary/aromatic N) is 2. The summed E-state index contributed by atoms with van der Waals surface area (Å²) in [5.74, 6) is 0. The molecule has 1 atom stereocenters. The van der Waals surface area contributed by atoms with Crippen molar-refractivity contribution in [2.24, 2.45) is 0 Å². The molecule has 3 nitrogen and oxygen atoms in total. The number of aliphatic hydroxyl groups is 1.